The lowest BCUT2D eigenvalue weighted by Gasteiger charge is -2.20. The fourth-order valence-electron chi connectivity index (χ4n) is 4.70. The molecule has 4 aromatic heterocycles. The molecule has 7 rings (SSSR count). The second-order valence-corrected chi connectivity index (χ2v) is 7.92. The highest BCUT2D eigenvalue weighted by molar-refractivity contribution is 6.05. The van der Waals surface area contributed by atoms with E-state index >= 15 is 0 Å². The van der Waals surface area contributed by atoms with Gasteiger partial charge < -0.3 is 0 Å². The minimum absolute atomic E-state index is 0.942. The molecule has 0 saturated heterocycles. The molecule has 2 aromatic carbocycles. The number of pyridine rings is 4. The number of nitrogens with zero attached hydrogens (tertiary/aromatic N) is 4. The molecule has 0 saturated carbocycles. The summed E-state index contributed by atoms with van der Waals surface area (Å²) < 4.78 is 0. The van der Waals surface area contributed by atoms with Crippen molar-refractivity contribution >= 4 is 43.6 Å². The molecule has 30 heavy (non-hydrogen) atoms. The number of hydrogen-bond donors (Lipinski definition) is 0. The van der Waals surface area contributed by atoms with E-state index in [1.54, 1.807) is 0 Å². The highest BCUT2D eigenvalue weighted by Crippen LogP contribution is 2.36. The quantitative estimate of drug-likeness (QED) is 0.318. The van der Waals surface area contributed by atoms with Gasteiger partial charge in [-0.05, 0) is 48.2 Å². The summed E-state index contributed by atoms with van der Waals surface area (Å²) in [6.45, 7) is 0. The van der Waals surface area contributed by atoms with Gasteiger partial charge in [0, 0.05) is 33.9 Å². The lowest BCUT2D eigenvalue weighted by molar-refractivity contribution is 0.923. The predicted octanol–water partition coefficient (Wildman–Crippen LogP) is 5.65. The summed E-state index contributed by atoms with van der Waals surface area (Å²) in [5.41, 5.74) is 8.25. The second-order valence-electron chi connectivity index (χ2n) is 7.92. The van der Waals surface area contributed by atoms with Crippen molar-refractivity contribution in [3.8, 4) is 11.4 Å². The maximum Gasteiger partial charge on any atom is 0.0972 e. The summed E-state index contributed by atoms with van der Waals surface area (Å²) in [6.07, 6.45) is 5.62. The first-order chi connectivity index (χ1) is 14.8. The molecule has 4 heteroatoms. The Morgan fingerprint density at radius 3 is 1.47 bits per heavy atom. The minimum Gasteiger partial charge on any atom is -0.254 e. The van der Waals surface area contributed by atoms with Gasteiger partial charge in [0.05, 0.1) is 33.5 Å². The van der Waals surface area contributed by atoms with E-state index in [9.17, 15) is 0 Å². The average Bonchev–Trinajstić information content (AvgIpc) is 2.81. The highest BCUT2D eigenvalue weighted by Gasteiger charge is 2.22. The summed E-state index contributed by atoms with van der Waals surface area (Å²) in [4.78, 5) is 19.5. The molecule has 0 unspecified atom stereocenters. The van der Waals surface area contributed by atoms with Gasteiger partial charge in [0.2, 0.25) is 0 Å². The van der Waals surface area contributed by atoms with E-state index in [-0.39, 0.29) is 0 Å². The molecule has 1 aliphatic carbocycles. The van der Waals surface area contributed by atoms with Gasteiger partial charge >= 0.3 is 0 Å². The molecule has 0 fully saturated rings. The van der Waals surface area contributed by atoms with E-state index in [1.807, 2.05) is 24.5 Å². The standard InChI is InChI=1S/C26H16N4/c1-3-15-5-7-17-13-19-9-10-20-14-18-8-6-16-4-2-12-28-22(16)24(18)30-26(20)25(19)29-23(17)21(15)27-11-1/h1-8,11-14H,9-10H2. The van der Waals surface area contributed by atoms with Crippen LogP contribution in [-0.2, 0) is 12.8 Å². The third-order valence-electron chi connectivity index (χ3n) is 6.16. The molecule has 0 amide bonds. The predicted molar refractivity (Wildman–Crippen MR) is 120 cm³/mol. The van der Waals surface area contributed by atoms with Crippen molar-refractivity contribution in [2.24, 2.45) is 0 Å². The molecule has 4 heterocycles. The molecule has 6 aromatic rings. The Morgan fingerprint density at radius 1 is 0.500 bits per heavy atom. The Kier molecular flexibility index (Phi) is 3.08. The zero-order valence-electron chi connectivity index (χ0n) is 16.1. The summed E-state index contributed by atoms with van der Waals surface area (Å²) in [6, 6.07) is 21.2. The molecule has 140 valence electrons. The molecule has 0 N–H and O–H groups in total. The Balaban J connectivity index is 1.58. The Hall–Kier alpha value is -3.92. The molecular weight excluding hydrogens is 368 g/mol. The fraction of sp³-hybridized carbons (Fsp3) is 0.0769. The van der Waals surface area contributed by atoms with Crippen LogP contribution < -0.4 is 0 Å². The van der Waals surface area contributed by atoms with Crippen LogP contribution in [0.4, 0.5) is 0 Å². The van der Waals surface area contributed by atoms with Crippen LogP contribution in [0.3, 0.4) is 0 Å². The maximum atomic E-state index is 5.13. The van der Waals surface area contributed by atoms with E-state index < -0.39 is 0 Å². The van der Waals surface area contributed by atoms with Gasteiger partial charge in [-0.3, -0.25) is 9.97 Å². The Labute approximate surface area is 172 Å². The summed E-state index contributed by atoms with van der Waals surface area (Å²) in [7, 11) is 0. The minimum atomic E-state index is 0.942. The van der Waals surface area contributed by atoms with Gasteiger partial charge in [-0.15, -0.1) is 0 Å². The Bertz CT molecular complexity index is 1530. The van der Waals surface area contributed by atoms with E-state index in [1.165, 1.54) is 11.1 Å². The van der Waals surface area contributed by atoms with Crippen molar-refractivity contribution in [1.82, 2.24) is 19.9 Å². The van der Waals surface area contributed by atoms with Crippen LogP contribution in [-0.4, -0.2) is 19.9 Å². The van der Waals surface area contributed by atoms with E-state index in [0.717, 1.165) is 67.8 Å². The van der Waals surface area contributed by atoms with Gasteiger partial charge in [0.1, 0.15) is 0 Å². The Morgan fingerprint density at radius 2 is 0.967 bits per heavy atom. The number of benzene rings is 2. The fourth-order valence-corrected chi connectivity index (χ4v) is 4.70. The number of hydrogen-bond acceptors (Lipinski definition) is 4. The lowest BCUT2D eigenvalue weighted by Crippen LogP contribution is -2.08. The zero-order valence-corrected chi connectivity index (χ0v) is 16.1. The smallest absolute Gasteiger partial charge is 0.0972 e. The van der Waals surface area contributed by atoms with Crippen LogP contribution in [0.25, 0.3) is 55.0 Å². The summed E-state index contributed by atoms with van der Waals surface area (Å²) >= 11 is 0. The van der Waals surface area contributed by atoms with Gasteiger partial charge in [-0.1, -0.05) is 36.4 Å². The first-order valence-electron chi connectivity index (χ1n) is 10.2. The van der Waals surface area contributed by atoms with Gasteiger partial charge in [-0.2, -0.15) is 0 Å². The van der Waals surface area contributed by atoms with Crippen molar-refractivity contribution in [2.45, 2.75) is 12.8 Å². The molecule has 0 bridgehead atoms. The third-order valence-corrected chi connectivity index (χ3v) is 6.16. The van der Waals surface area contributed by atoms with Crippen molar-refractivity contribution < 1.29 is 0 Å². The molecule has 0 spiro atoms. The maximum absolute atomic E-state index is 5.13. The monoisotopic (exact) mass is 384 g/mol. The summed E-state index contributed by atoms with van der Waals surface area (Å²) in [5, 5.41) is 4.48. The van der Waals surface area contributed by atoms with Crippen LogP contribution in [0.1, 0.15) is 11.1 Å². The lowest BCUT2D eigenvalue weighted by atomic mass is 9.90. The van der Waals surface area contributed by atoms with Crippen LogP contribution in [0.5, 0.6) is 0 Å². The third kappa shape index (κ3) is 2.16. The normalized spacial score (nSPS) is 13.1. The first kappa shape index (κ1) is 15.9. The molecule has 0 atom stereocenters. The number of aromatic nitrogens is 4. The molecular formula is C26H16N4. The molecule has 4 nitrogen and oxygen atoms in total. The van der Waals surface area contributed by atoms with Crippen molar-refractivity contribution in [1.29, 1.82) is 0 Å². The van der Waals surface area contributed by atoms with E-state index in [2.05, 4.69) is 58.5 Å². The van der Waals surface area contributed by atoms with E-state index in [4.69, 9.17) is 9.97 Å². The zero-order chi connectivity index (χ0) is 19.7. The number of aryl methyl sites for hydroxylation is 2. The number of fused-ring (bicyclic) bond motifs is 9. The second kappa shape index (κ2) is 5.80. The van der Waals surface area contributed by atoms with Crippen LogP contribution >= 0.6 is 0 Å². The average molecular weight is 384 g/mol. The van der Waals surface area contributed by atoms with E-state index in [0.29, 0.717) is 0 Å². The van der Waals surface area contributed by atoms with Gasteiger partial charge in [0.25, 0.3) is 0 Å². The molecule has 0 radical (unpaired) electrons. The molecule has 0 aliphatic heterocycles. The number of rotatable bonds is 0. The first-order valence-corrected chi connectivity index (χ1v) is 10.2. The molecule has 1 aliphatic rings. The van der Waals surface area contributed by atoms with Crippen LogP contribution in [0.15, 0.2) is 73.1 Å². The van der Waals surface area contributed by atoms with Crippen molar-refractivity contribution in [2.75, 3.05) is 0 Å². The van der Waals surface area contributed by atoms with Crippen molar-refractivity contribution in [3.05, 3.63) is 84.2 Å². The highest BCUT2D eigenvalue weighted by atomic mass is 14.8. The van der Waals surface area contributed by atoms with Crippen molar-refractivity contribution in [3.63, 3.8) is 0 Å². The van der Waals surface area contributed by atoms with Crippen LogP contribution in [0.2, 0.25) is 0 Å². The van der Waals surface area contributed by atoms with Crippen LogP contribution in [0, 0.1) is 0 Å². The largest absolute Gasteiger partial charge is 0.254 e. The SMILES string of the molecule is c1cnc2c(c1)ccc1cc3c(nc12)-c1nc2c(ccc4cccnc42)cc1CC3. The topological polar surface area (TPSA) is 51.6 Å². The summed E-state index contributed by atoms with van der Waals surface area (Å²) in [5.74, 6) is 0. The van der Waals surface area contributed by atoms with Gasteiger partial charge in [0.15, 0.2) is 0 Å². The van der Waals surface area contributed by atoms with Gasteiger partial charge in [-0.25, -0.2) is 9.97 Å².